The molecule has 3 aromatic rings. The minimum absolute atomic E-state index is 0.252. The Morgan fingerprint density at radius 2 is 1.62 bits per heavy atom. The number of amides is 2. The molecule has 0 aliphatic heterocycles. The summed E-state index contributed by atoms with van der Waals surface area (Å²) in [6.07, 6.45) is -3.67. The van der Waals surface area contributed by atoms with E-state index in [1.807, 2.05) is 5.32 Å². The maximum atomic E-state index is 14.7. The van der Waals surface area contributed by atoms with E-state index in [1.54, 1.807) is 24.3 Å². The van der Waals surface area contributed by atoms with E-state index in [2.05, 4.69) is 10.3 Å². The summed E-state index contributed by atoms with van der Waals surface area (Å²) in [6, 6.07) is 11.6. The lowest BCUT2D eigenvalue weighted by Crippen LogP contribution is -2.36. The lowest BCUT2D eigenvalue weighted by atomic mass is 10.1. The quantitative estimate of drug-likeness (QED) is 0.416. The molecule has 5 nitrogen and oxygen atoms in total. The zero-order chi connectivity index (χ0) is 25.1. The van der Waals surface area contributed by atoms with Crippen LogP contribution < -0.4 is 10.6 Å². The largest absolute Gasteiger partial charge is 0.417 e. The fraction of sp³-hybridized carbons (Fsp3) is 0.174. The maximum Gasteiger partial charge on any atom is 0.417 e. The molecular formula is C23H17ClF5N3O2. The van der Waals surface area contributed by atoms with Gasteiger partial charge in [-0.1, -0.05) is 35.9 Å². The van der Waals surface area contributed by atoms with Gasteiger partial charge < -0.3 is 10.6 Å². The van der Waals surface area contributed by atoms with Gasteiger partial charge in [0.25, 0.3) is 5.91 Å². The van der Waals surface area contributed by atoms with E-state index in [4.69, 9.17) is 11.6 Å². The number of anilines is 1. The molecule has 2 aromatic carbocycles. The third-order valence-electron chi connectivity index (χ3n) is 4.67. The van der Waals surface area contributed by atoms with E-state index >= 15 is 0 Å². The van der Waals surface area contributed by atoms with Gasteiger partial charge in [0, 0.05) is 24.4 Å². The van der Waals surface area contributed by atoms with Gasteiger partial charge in [-0.25, -0.2) is 0 Å². The Kier molecular flexibility index (Phi) is 7.21. The number of aromatic nitrogens is 1. The van der Waals surface area contributed by atoms with Gasteiger partial charge in [0.1, 0.15) is 5.69 Å². The summed E-state index contributed by atoms with van der Waals surface area (Å²) in [4.78, 5) is 27.0. The van der Waals surface area contributed by atoms with Crippen LogP contribution in [-0.2, 0) is 16.9 Å². The molecule has 0 saturated carbocycles. The normalized spacial score (nSPS) is 11.7. The van der Waals surface area contributed by atoms with Crippen LogP contribution >= 0.6 is 11.6 Å². The standard InChI is InChI=1S/C23H17ClF5N3O2/c1-13(33)32-16-8-6-14(7-9-16)15-10-19(24)20(30-11-15)22(25,26)12-31-21(34)17-4-2-3-5-18(17)23(27,28)29/h2-11H,12H2,1H3,(H,31,34)(H,32,33). The first kappa shape index (κ1) is 25.1. The molecular weight excluding hydrogens is 481 g/mol. The molecule has 178 valence electrons. The second-order valence-electron chi connectivity index (χ2n) is 7.24. The van der Waals surface area contributed by atoms with Crippen LogP contribution in [-0.4, -0.2) is 23.3 Å². The molecule has 0 bridgehead atoms. The summed E-state index contributed by atoms with van der Waals surface area (Å²) in [5.41, 5.74) is -1.29. The van der Waals surface area contributed by atoms with Gasteiger partial charge in [-0.2, -0.15) is 22.0 Å². The van der Waals surface area contributed by atoms with E-state index in [-0.39, 0.29) is 5.91 Å². The Morgan fingerprint density at radius 3 is 2.21 bits per heavy atom. The summed E-state index contributed by atoms with van der Waals surface area (Å²) < 4.78 is 68.7. The van der Waals surface area contributed by atoms with E-state index in [0.29, 0.717) is 22.9 Å². The monoisotopic (exact) mass is 497 g/mol. The van der Waals surface area contributed by atoms with Crippen molar-refractivity contribution in [3.05, 3.63) is 82.6 Å². The van der Waals surface area contributed by atoms with Crippen molar-refractivity contribution in [3.8, 4) is 11.1 Å². The van der Waals surface area contributed by atoms with Gasteiger partial charge in [-0.3, -0.25) is 14.6 Å². The van der Waals surface area contributed by atoms with Crippen LogP contribution in [0.3, 0.4) is 0 Å². The lowest BCUT2D eigenvalue weighted by Gasteiger charge is -2.19. The van der Waals surface area contributed by atoms with Crippen molar-refractivity contribution in [3.63, 3.8) is 0 Å². The molecule has 1 aromatic heterocycles. The number of hydrogen-bond donors (Lipinski definition) is 2. The maximum absolute atomic E-state index is 14.7. The molecule has 0 aliphatic carbocycles. The number of nitrogens with one attached hydrogen (secondary N) is 2. The van der Waals surface area contributed by atoms with Crippen LogP contribution in [0.1, 0.15) is 28.5 Å². The van der Waals surface area contributed by atoms with Crippen LogP contribution in [0.2, 0.25) is 5.02 Å². The zero-order valence-electron chi connectivity index (χ0n) is 17.5. The highest BCUT2D eigenvalue weighted by Crippen LogP contribution is 2.35. The molecule has 0 unspecified atom stereocenters. The average molecular weight is 498 g/mol. The van der Waals surface area contributed by atoms with E-state index in [9.17, 15) is 31.5 Å². The van der Waals surface area contributed by atoms with Gasteiger partial charge >= 0.3 is 12.1 Å². The molecule has 0 spiro atoms. The number of benzene rings is 2. The molecule has 0 aliphatic rings. The molecule has 0 saturated heterocycles. The predicted molar refractivity (Wildman–Crippen MR) is 117 cm³/mol. The molecule has 2 amide bonds. The second kappa shape index (κ2) is 9.76. The highest BCUT2D eigenvalue weighted by Gasteiger charge is 2.38. The average Bonchev–Trinajstić information content (AvgIpc) is 2.77. The highest BCUT2D eigenvalue weighted by atomic mass is 35.5. The first-order valence-corrected chi connectivity index (χ1v) is 10.1. The first-order valence-electron chi connectivity index (χ1n) is 9.75. The van der Waals surface area contributed by atoms with Crippen molar-refractivity contribution in [2.75, 3.05) is 11.9 Å². The number of carbonyl (C=O) groups excluding carboxylic acids is 2. The van der Waals surface area contributed by atoms with E-state index < -0.39 is 46.4 Å². The number of pyridine rings is 1. The molecule has 11 heteroatoms. The molecule has 2 N–H and O–H groups in total. The summed E-state index contributed by atoms with van der Waals surface area (Å²) in [5.74, 6) is -5.31. The summed E-state index contributed by atoms with van der Waals surface area (Å²) in [7, 11) is 0. The van der Waals surface area contributed by atoms with Crippen molar-refractivity contribution in [2.24, 2.45) is 0 Å². The van der Waals surface area contributed by atoms with Crippen LogP contribution in [0, 0.1) is 0 Å². The van der Waals surface area contributed by atoms with E-state index in [0.717, 1.165) is 18.3 Å². The van der Waals surface area contributed by atoms with Crippen LogP contribution in [0.4, 0.5) is 27.6 Å². The third-order valence-corrected chi connectivity index (χ3v) is 4.96. The Hall–Kier alpha value is -3.53. The van der Waals surface area contributed by atoms with Gasteiger partial charge in [-0.15, -0.1) is 0 Å². The SMILES string of the molecule is CC(=O)Nc1ccc(-c2cnc(C(F)(F)CNC(=O)c3ccccc3C(F)(F)F)c(Cl)c2)cc1. The Morgan fingerprint density at radius 1 is 0.971 bits per heavy atom. The van der Waals surface area contributed by atoms with Crippen LogP contribution in [0.5, 0.6) is 0 Å². The lowest BCUT2D eigenvalue weighted by molar-refractivity contribution is -0.138. The van der Waals surface area contributed by atoms with Gasteiger partial charge in [-0.05, 0) is 35.9 Å². The molecule has 34 heavy (non-hydrogen) atoms. The second-order valence-corrected chi connectivity index (χ2v) is 7.65. The smallest absolute Gasteiger partial charge is 0.346 e. The minimum atomic E-state index is -4.82. The summed E-state index contributed by atoms with van der Waals surface area (Å²) in [5, 5.41) is 4.03. The molecule has 0 fully saturated rings. The Balaban J connectivity index is 1.76. The number of hydrogen-bond acceptors (Lipinski definition) is 3. The topological polar surface area (TPSA) is 71.1 Å². The summed E-state index contributed by atoms with van der Waals surface area (Å²) >= 11 is 6.02. The molecule has 3 rings (SSSR count). The fourth-order valence-electron chi connectivity index (χ4n) is 3.11. The minimum Gasteiger partial charge on any atom is -0.346 e. The molecule has 0 atom stereocenters. The summed E-state index contributed by atoms with van der Waals surface area (Å²) in [6.45, 7) is 0.0452. The number of halogens is 6. The number of alkyl halides is 5. The first-order chi connectivity index (χ1) is 15.9. The number of rotatable bonds is 6. The van der Waals surface area contributed by atoms with Crippen LogP contribution in [0.15, 0.2) is 60.8 Å². The predicted octanol–water partition coefficient (Wildman–Crippen LogP) is 5.90. The zero-order valence-corrected chi connectivity index (χ0v) is 18.3. The van der Waals surface area contributed by atoms with Crippen molar-refractivity contribution in [2.45, 2.75) is 19.0 Å². The molecule has 1 heterocycles. The Bertz CT molecular complexity index is 1210. The van der Waals surface area contributed by atoms with Gasteiger partial charge in [0.05, 0.1) is 22.7 Å². The number of nitrogens with zero attached hydrogens (tertiary/aromatic N) is 1. The van der Waals surface area contributed by atoms with Crippen molar-refractivity contribution < 1.29 is 31.5 Å². The van der Waals surface area contributed by atoms with Crippen molar-refractivity contribution >= 4 is 29.1 Å². The van der Waals surface area contributed by atoms with Gasteiger partial charge in [0.15, 0.2) is 0 Å². The van der Waals surface area contributed by atoms with Crippen molar-refractivity contribution in [1.29, 1.82) is 0 Å². The molecule has 0 radical (unpaired) electrons. The Labute approximate surface area is 196 Å². The van der Waals surface area contributed by atoms with E-state index in [1.165, 1.54) is 19.1 Å². The van der Waals surface area contributed by atoms with Gasteiger partial charge in [0.2, 0.25) is 5.91 Å². The highest BCUT2D eigenvalue weighted by molar-refractivity contribution is 6.31. The van der Waals surface area contributed by atoms with Crippen molar-refractivity contribution in [1.82, 2.24) is 10.3 Å². The van der Waals surface area contributed by atoms with Crippen LogP contribution in [0.25, 0.3) is 11.1 Å². The third kappa shape index (κ3) is 5.88. The number of carbonyl (C=O) groups is 2. The fourth-order valence-corrected chi connectivity index (χ4v) is 3.42.